The number of ether oxygens (including phenoxy) is 1. The predicted molar refractivity (Wildman–Crippen MR) is 110 cm³/mol. The largest absolute Gasteiger partial charge is 0.416 e. The van der Waals surface area contributed by atoms with E-state index in [-0.39, 0.29) is 31.7 Å². The Labute approximate surface area is 188 Å². The fraction of sp³-hybridized carbons (Fsp3) is 0.391. The zero-order valence-electron chi connectivity index (χ0n) is 17.7. The van der Waals surface area contributed by atoms with Gasteiger partial charge in [-0.15, -0.1) is 0 Å². The predicted octanol–water partition coefficient (Wildman–Crippen LogP) is 2.74. The average Bonchev–Trinajstić information content (AvgIpc) is 3.26. The molecule has 0 bridgehead atoms. The molecular formula is C23H22F3N3O4. The van der Waals surface area contributed by atoms with E-state index in [0.717, 1.165) is 23.5 Å². The Morgan fingerprint density at radius 1 is 1.06 bits per heavy atom. The number of pyridine rings is 1. The average molecular weight is 461 g/mol. The Kier molecular flexibility index (Phi) is 6.46. The second kappa shape index (κ2) is 9.30. The lowest BCUT2D eigenvalue weighted by Crippen LogP contribution is -2.51. The van der Waals surface area contributed by atoms with E-state index in [9.17, 15) is 27.6 Å². The van der Waals surface area contributed by atoms with Gasteiger partial charge in [0.2, 0.25) is 5.91 Å². The van der Waals surface area contributed by atoms with E-state index in [2.05, 4.69) is 4.98 Å². The van der Waals surface area contributed by atoms with Crippen molar-refractivity contribution in [3.8, 4) is 0 Å². The minimum atomic E-state index is -4.38. The van der Waals surface area contributed by atoms with Crippen LogP contribution < -0.4 is 0 Å². The van der Waals surface area contributed by atoms with E-state index < -0.39 is 23.6 Å². The van der Waals surface area contributed by atoms with Gasteiger partial charge in [0, 0.05) is 18.7 Å². The first-order chi connectivity index (χ1) is 15.7. The van der Waals surface area contributed by atoms with Crippen molar-refractivity contribution in [3.05, 3.63) is 65.0 Å². The molecule has 33 heavy (non-hydrogen) atoms. The third kappa shape index (κ3) is 5.22. The molecule has 2 aliphatic rings. The number of carbonyl (C=O) groups excluding carboxylic acids is 3. The molecule has 4 rings (SSSR count). The molecule has 2 aliphatic heterocycles. The molecule has 174 valence electrons. The molecule has 2 aromatic rings. The summed E-state index contributed by atoms with van der Waals surface area (Å²) in [6, 6.07) is 10.0. The number of aromatic nitrogens is 1. The first kappa shape index (κ1) is 22.9. The monoisotopic (exact) mass is 461 g/mol. The number of halogens is 3. The number of benzene rings is 1. The second-order valence-electron chi connectivity index (χ2n) is 8.04. The molecule has 7 nitrogen and oxygen atoms in total. The number of morpholine rings is 1. The highest BCUT2D eigenvalue weighted by Crippen LogP contribution is 2.32. The van der Waals surface area contributed by atoms with Gasteiger partial charge in [-0.3, -0.25) is 24.3 Å². The number of amides is 3. The Morgan fingerprint density at radius 2 is 1.76 bits per heavy atom. The standard InChI is InChI=1S/C23H22F3N3O4/c24-23(25,26)16-8-6-15(7-9-16)11-17-3-1-4-18(27-17)19-5-2-10-28(19)20(30)12-29-21(31)13-33-14-22(29)32/h1,3-4,6-9,19H,2,5,10-14H2/t19-/m0/s1. The van der Waals surface area contributed by atoms with E-state index in [1.807, 2.05) is 0 Å². The van der Waals surface area contributed by atoms with Crippen LogP contribution in [0.3, 0.4) is 0 Å². The van der Waals surface area contributed by atoms with Crippen molar-refractivity contribution in [3.63, 3.8) is 0 Å². The third-order valence-electron chi connectivity index (χ3n) is 5.76. The van der Waals surface area contributed by atoms with Gasteiger partial charge in [-0.1, -0.05) is 18.2 Å². The third-order valence-corrected chi connectivity index (χ3v) is 5.76. The summed E-state index contributed by atoms with van der Waals surface area (Å²) < 4.78 is 43.2. The molecule has 3 heterocycles. The van der Waals surface area contributed by atoms with E-state index in [1.54, 1.807) is 23.1 Å². The van der Waals surface area contributed by atoms with Gasteiger partial charge in [0.1, 0.15) is 19.8 Å². The van der Waals surface area contributed by atoms with Gasteiger partial charge < -0.3 is 9.64 Å². The molecule has 1 aromatic carbocycles. The normalized spacial score (nSPS) is 19.3. The van der Waals surface area contributed by atoms with Crippen LogP contribution in [0.2, 0.25) is 0 Å². The van der Waals surface area contributed by atoms with Crippen LogP contribution in [0.25, 0.3) is 0 Å². The Hall–Kier alpha value is -3.27. The van der Waals surface area contributed by atoms with Crippen molar-refractivity contribution in [2.75, 3.05) is 26.3 Å². The van der Waals surface area contributed by atoms with Gasteiger partial charge in [-0.05, 0) is 42.7 Å². The van der Waals surface area contributed by atoms with Crippen molar-refractivity contribution < 1.29 is 32.3 Å². The van der Waals surface area contributed by atoms with Crippen LogP contribution in [-0.4, -0.2) is 58.8 Å². The van der Waals surface area contributed by atoms with Gasteiger partial charge in [-0.25, -0.2) is 0 Å². The van der Waals surface area contributed by atoms with Crippen molar-refractivity contribution in [1.82, 2.24) is 14.8 Å². The molecule has 0 N–H and O–H groups in total. The summed E-state index contributed by atoms with van der Waals surface area (Å²) in [6.45, 7) is -0.296. The zero-order chi connectivity index (χ0) is 23.6. The molecule has 0 aliphatic carbocycles. The zero-order valence-corrected chi connectivity index (χ0v) is 17.7. The lowest BCUT2D eigenvalue weighted by atomic mass is 10.1. The Morgan fingerprint density at radius 3 is 2.42 bits per heavy atom. The molecule has 2 saturated heterocycles. The minimum Gasteiger partial charge on any atom is -0.362 e. The van der Waals surface area contributed by atoms with Crippen molar-refractivity contribution >= 4 is 17.7 Å². The minimum absolute atomic E-state index is 0.226. The summed E-state index contributed by atoms with van der Waals surface area (Å²) in [5.41, 5.74) is 1.33. The summed E-state index contributed by atoms with van der Waals surface area (Å²) in [6.07, 6.45) is -2.59. The maximum absolute atomic E-state index is 12.9. The second-order valence-corrected chi connectivity index (χ2v) is 8.04. The maximum Gasteiger partial charge on any atom is 0.416 e. The maximum atomic E-state index is 12.9. The van der Waals surface area contributed by atoms with Crippen molar-refractivity contribution in [1.29, 1.82) is 0 Å². The van der Waals surface area contributed by atoms with Gasteiger partial charge >= 0.3 is 6.18 Å². The van der Waals surface area contributed by atoms with Crippen LogP contribution in [0.1, 0.15) is 41.4 Å². The lowest BCUT2D eigenvalue weighted by Gasteiger charge is -2.29. The smallest absolute Gasteiger partial charge is 0.362 e. The molecule has 1 aromatic heterocycles. The Bertz CT molecular complexity index is 1040. The van der Waals surface area contributed by atoms with E-state index >= 15 is 0 Å². The number of rotatable bonds is 5. The number of hydrogen-bond donors (Lipinski definition) is 0. The van der Waals surface area contributed by atoms with Gasteiger partial charge in [-0.2, -0.15) is 13.2 Å². The molecule has 2 fully saturated rings. The molecule has 0 saturated carbocycles. The number of imide groups is 1. The SMILES string of the molecule is O=C1COCC(=O)N1CC(=O)N1CCC[C@H]1c1cccc(Cc2ccc(C(F)(F)F)cc2)n1. The van der Waals surface area contributed by atoms with E-state index in [0.29, 0.717) is 36.3 Å². The van der Waals surface area contributed by atoms with Gasteiger partial charge in [0.25, 0.3) is 11.8 Å². The molecule has 1 atom stereocenters. The van der Waals surface area contributed by atoms with Crippen molar-refractivity contribution in [2.45, 2.75) is 31.5 Å². The molecule has 3 amide bonds. The number of likely N-dealkylation sites (tertiary alicyclic amines) is 1. The van der Waals surface area contributed by atoms with Gasteiger partial charge in [0.05, 0.1) is 17.3 Å². The lowest BCUT2D eigenvalue weighted by molar-refractivity contribution is -0.161. The molecule has 0 radical (unpaired) electrons. The first-order valence-corrected chi connectivity index (χ1v) is 10.5. The highest BCUT2D eigenvalue weighted by atomic mass is 19.4. The van der Waals surface area contributed by atoms with Crippen LogP contribution in [0.15, 0.2) is 42.5 Å². The quantitative estimate of drug-likeness (QED) is 0.640. The van der Waals surface area contributed by atoms with Crippen LogP contribution >= 0.6 is 0 Å². The summed E-state index contributed by atoms with van der Waals surface area (Å²) in [5.74, 6) is -1.41. The number of hydrogen-bond acceptors (Lipinski definition) is 5. The number of alkyl halides is 3. The summed E-state index contributed by atoms with van der Waals surface area (Å²) in [4.78, 5) is 44.0. The highest BCUT2D eigenvalue weighted by molar-refractivity contribution is 6.01. The van der Waals surface area contributed by atoms with E-state index in [1.165, 1.54) is 12.1 Å². The van der Waals surface area contributed by atoms with Crippen LogP contribution in [0.5, 0.6) is 0 Å². The fourth-order valence-corrected chi connectivity index (χ4v) is 4.10. The van der Waals surface area contributed by atoms with Crippen molar-refractivity contribution in [2.24, 2.45) is 0 Å². The highest BCUT2D eigenvalue weighted by Gasteiger charge is 2.35. The molecule has 0 spiro atoms. The first-order valence-electron chi connectivity index (χ1n) is 10.5. The summed E-state index contributed by atoms with van der Waals surface area (Å²) in [5, 5.41) is 0. The fourth-order valence-electron chi connectivity index (χ4n) is 4.10. The van der Waals surface area contributed by atoms with Crippen LogP contribution in [0, 0.1) is 0 Å². The topological polar surface area (TPSA) is 79.8 Å². The van der Waals surface area contributed by atoms with Crippen LogP contribution in [-0.2, 0) is 31.7 Å². The Balaban J connectivity index is 1.46. The number of carbonyl (C=O) groups is 3. The van der Waals surface area contributed by atoms with E-state index in [4.69, 9.17) is 4.74 Å². The molecular weight excluding hydrogens is 439 g/mol. The summed E-state index contributed by atoms with van der Waals surface area (Å²) >= 11 is 0. The van der Waals surface area contributed by atoms with Gasteiger partial charge in [0.15, 0.2) is 0 Å². The van der Waals surface area contributed by atoms with Crippen LogP contribution in [0.4, 0.5) is 13.2 Å². The molecule has 0 unspecified atom stereocenters. The molecule has 10 heteroatoms. The summed E-state index contributed by atoms with van der Waals surface area (Å²) in [7, 11) is 0. The number of nitrogens with zero attached hydrogens (tertiary/aromatic N) is 3.